The number of pyridine rings is 1. The van der Waals surface area contributed by atoms with Gasteiger partial charge in [-0.05, 0) is 78.4 Å². The summed E-state index contributed by atoms with van der Waals surface area (Å²) in [6.45, 7) is 8.40. The lowest BCUT2D eigenvalue weighted by molar-refractivity contribution is 0.0888. The van der Waals surface area contributed by atoms with Gasteiger partial charge in [-0.3, -0.25) is 9.69 Å². The second-order valence-corrected chi connectivity index (χ2v) is 9.92. The minimum absolute atomic E-state index is 0.0971. The molecule has 8 nitrogen and oxygen atoms in total. The van der Waals surface area contributed by atoms with Crippen molar-refractivity contribution < 1.29 is 9.13 Å². The number of aryl methyl sites for hydroxylation is 2. The smallest absolute Gasteiger partial charge is 0.252 e. The fourth-order valence-electron chi connectivity index (χ4n) is 5.22. The van der Waals surface area contributed by atoms with Gasteiger partial charge in [-0.1, -0.05) is 31.2 Å². The molecule has 1 aliphatic heterocycles. The van der Waals surface area contributed by atoms with Gasteiger partial charge in [-0.15, -0.1) is 5.10 Å². The zero-order valence-corrected chi connectivity index (χ0v) is 21.6. The van der Waals surface area contributed by atoms with Crippen molar-refractivity contribution in [1.29, 1.82) is 0 Å². The Hall–Kier alpha value is -3.43. The van der Waals surface area contributed by atoms with E-state index in [1.807, 2.05) is 30.7 Å². The van der Waals surface area contributed by atoms with Crippen molar-refractivity contribution in [2.75, 3.05) is 6.61 Å². The summed E-state index contributed by atoms with van der Waals surface area (Å²) < 4.78 is 21.3. The van der Waals surface area contributed by atoms with Gasteiger partial charge in [-0.2, -0.15) is 0 Å². The molecule has 1 aliphatic rings. The predicted molar refractivity (Wildman–Crippen MR) is 140 cm³/mol. The summed E-state index contributed by atoms with van der Waals surface area (Å²) in [7, 11) is 0. The van der Waals surface area contributed by atoms with Gasteiger partial charge in [0.15, 0.2) is 5.82 Å². The number of fused-ring (bicyclic) bond motifs is 1. The summed E-state index contributed by atoms with van der Waals surface area (Å²) in [5.41, 5.74) is 4.51. The summed E-state index contributed by atoms with van der Waals surface area (Å²) in [4.78, 5) is 18.5. The molecule has 2 atom stereocenters. The number of ether oxygens (including phenoxy) is 1. The first-order valence-electron chi connectivity index (χ1n) is 12.9. The second kappa shape index (κ2) is 10.9. The molecule has 4 aromatic rings. The fraction of sp³-hybridized carbons (Fsp3) is 0.429. The van der Waals surface area contributed by atoms with Crippen molar-refractivity contribution in [3.63, 3.8) is 0 Å². The van der Waals surface area contributed by atoms with E-state index in [1.54, 1.807) is 12.1 Å². The number of rotatable bonds is 9. The Bertz CT molecular complexity index is 1430. The largest absolute Gasteiger partial charge is 0.376 e. The first-order chi connectivity index (χ1) is 17.9. The van der Waals surface area contributed by atoms with Gasteiger partial charge < -0.3 is 9.72 Å². The summed E-state index contributed by atoms with van der Waals surface area (Å²) in [6.07, 6.45) is 2.86. The van der Waals surface area contributed by atoms with Crippen molar-refractivity contribution in [3.8, 4) is 0 Å². The van der Waals surface area contributed by atoms with Crippen molar-refractivity contribution >= 4 is 10.9 Å². The van der Waals surface area contributed by atoms with Gasteiger partial charge in [0.25, 0.3) is 5.56 Å². The van der Waals surface area contributed by atoms with Gasteiger partial charge in [0, 0.05) is 30.6 Å². The Kier molecular flexibility index (Phi) is 7.43. The summed E-state index contributed by atoms with van der Waals surface area (Å²) in [5, 5.41) is 13.7. The Morgan fingerprint density at radius 3 is 2.68 bits per heavy atom. The molecule has 1 fully saturated rings. The molecule has 9 heteroatoms. The molecule has 0 unspecified atom stereocenters. The monoisotopic (exact) mass is 504 g/mol. The summed E-state index contributed by atoms with van der Waals surface area (Å²) in [6, 6.07) is 12.4. The minimum atomic E-state index is -0.278. The molecule has 2 aromatic carbocycles. The summed E-state index contributed by atoms with van der Waals surface area (Å²) >= 11 is 0. The molecule has 3 heterocycles. The van der Waals surface area contributed by atoms with Gasteiger partial charge in [0.2, 0.25) is 0 Å². The lowest BCUT2D eigenvalue weighted by Gasteiger charge is -2.30. The second-order valence-electron chi connectivity index (χ2n) is 9.92. The Morgan fingerprint density at radius 1 is 1.16 bits per heavy atom. The SMILES string of the molecule is CC[C@@H](c1nnnn1C[C@@H]1CCCO1)N(Cc1ccc(F)cc1)Cc1cc2c(C)ccc(C)c2[nH]c1=O. The average molecular weight is 505 g/mol. The quantitative estimate of drug-likeness (QED) is 0.358. The predicted octanol–water partition coefficient (Wildman–Crippen LogP) is 4.60. The van der Waals surface area contributed by atoms with Crippen molar-refractivity contribution in [2.24, 2.45) is 0 Å². The molecule has 5 rings (SSSR count). The number of aromatic nitrogens is 5. The van der Waals surface area contributed by atoms with Crippen LogP contribution in [-0.2, 0) is 24.4 Å². The van der Waals surface area contributed by atoms with Crippen LogP contribution in [0.15, 0.2) is 47.3 Å². The van der Waals surface area contributed by atoms with E-state index in [1.165, 1.54) is 12.1 Å². The number of hydrogen-bond donors (Lipinski definition) is 1. The van der Waals surface area contributed by atoms with Crippen LogP contribution in [0.25, 0.3) is 10.9 Å². The van der Waals surface area contributed by atoms with E-state index in [-0.39, 0.29) is 23.5 Å². The van der Waals surface area contributed by atoms with Crippen LogP contribution in [0.2, 0.25) is 0 Å². The van der Waals surface area contributed by atoms with Crippen molar-refractivity contribution in [3.05, 3.63) is 86.7 Å². The highest BCUT2D eigenvalue weighted by atomic mass is 19.1. The zero-order chi connectivity index (χ0) is 25.9. The summed E-state index contributed by atoms with van der Waals surface area (Å²) in [5.74, 6) is 0.462. The third kappa shape index (κ3) is 5.47. The van der Waals surface area contributed by atoms with Gasteiger partial charge in [0.1, 0.15) is 5.82 Å². The highest BCUT2D eigenvalue weighted by Crippen LogP contribution is 2.28. The molecule has 2 aromatic heterocycles. The zero-order valence-electron chi connectivity index (χ0n) is 21.6. The van der Waals surface area contributed by atoms with Gasteiger partial charge in [-0.25, -0.2) is 9.07 Å². The Balaban J connectivity index is 1.52. The molecule has 1 N–H and O–H groups in total. The first kappa shape index (κ1) is 25.2. The molecule has 1 saturated heterocycles. The van der Waals surface area contributed by atoms with Crippen LogP contribution in [0.3, 0.4) is 0 Å². The maximum absolute atomic E-state index is 13.6. The van der Waals surface area contributed by atoms with E-state index < -0.39 is 0 Å². The molecular weight excluding hydrogens is 471 g/mol. The molecule has 194 valence electrons. The van der Waals surface area contributed by atoms with Crippen LogP contribution in [0.1, 0.15) is 60.3 Å². The number of nitrogens with one attached hydrogen (secondary N) is 1. The van der Waals surface area contributed by atoms with Crippen LogP contribution in [0.4, 0.5) is 4.39 Å². The molecule has 0 bridgehead atoms. The third-order valence-corrected chi connectivity index (χ3v) is 7.28. The maximum Gasteiger partial charge on any atom is 0.252 e. The normalized spacial score (nSPS) is 16.6. The van der Waals surface area contributed by atoms with E-state index in [0.717, 1.165) is 59.3 Å². The Morgan fingerprint density at radius 2 is 1.95 bits per heavy atom. The maximum atomic E-state index is 13.6. The lowest BCUT2D eigenvalue weighted by atomic mass is 10.0. The van der Waals surface area contributed by atoms with Crippen molar-refractivity contribution in [2.45, 2.75) is 71.8 Å². The van der Waals surface area contributed by atoms with E-state index in [0.29, 0.717) is 25.2 Å². The molecule has 0 radical (unpaired) electrons. The molecule has 0 amide bonds. The number of aromatic amines is 1. The van der Waals surface area contributed by atoms with E-state index in [4.69, 9.17) is 4.74 Å². The number of hydrogen-bond acceptors (Lipinski definition) is 6. The molecule has 37 heavy (non-hydrogen) atoms. The van der Waals surface area contributed by atoms with E-state index in [9.17, 15) is 9.18 Å². The van der Waals surface area contributed by atoms with Crippen molar-refractivity contribution in [1.82, 2.24) is 30.1 Å². The van der Waals surface area contributed by atoms with Crippen LogP contribution in [0.5, 0.6) is 0 Å². The number of halogens is 1. The highest BCUT2D eigenvalue weighted by Gasteiger charge is 2.28. The van der Waals surface area contributed by atoms with Crippen LogP contribution in [-0.4, -0.2) is 42.8 Å². The molecule has 0 aliphatic carbocycles. The van der Waals surface area contributed by atoms with Gasteiger partial charge in [0.05, 0.1) is 24.2 Å². The van der Waals surface area contributed by atoms with Crippen LogP contribution < -0.4 is 5.56 Å². The standard InChI is InChI=1S/C28H33FN6O2/c1-4-25(27-31-32-33-35(27)17-23-6-5-13-37-23)34(15-20-9-11-22(29)12-10-20)16-21-14-24-18(2)7-8-19(3)26(24)30-28(21)36/h7-12,14,23,25H,4-6,13,15-17H2,1-3H3,(H,30,36)/t23-,25-/m0/s1. The highest BCUT2D eigenvalue weighted by molar-refractivity contribution is 5.85. The number of benzene rings is 2. The number of tetrazole rings is 1. The third-order valence-electron chi connectivity index (χ3n) is 7.28. The van der Waals surface area contributed by atoms with E-state index >= 15 is 0 Å². The molecular formula is C28H33FN6O2. The van der Waals surface area contributed by atoms with Crippen LogP contribution >= 0.6 is 0 Å². The van der Waals surface area contributed by atoms with E-state index in [2.05, 4.69) is 38.4 Å². The molecule has 0 spiro atoms. The topological polar surface area (TPSA) is 88.9 Å². The van der Waals surface area contributed by atoms with Crippen LogP contribution in [0, 0.1) is 19.7 Å². The Labute approximate surface area is 215 Å². The lowest BCUT2D eigenvalue weighted by Crippen LogP contribution is -2.33. The van der Waals surface area contributed by atoms with Gasteiger partial charge >= 0.3 is 0 Å². The molecule has 0 saturated carbocycles. The number of nitrogens with zero attached hydrogens (tertiary/aromatic N) is 5. The minimum Gasteiger partial charge on any atom is -0.376 e. The average Bonchev–Trinajstić information content (AvgIpc) is 3.57. The number of H-pyrrole nitrogens is 1. The fourth-order valence-corrected chi connectivity index (χ4v) is 5.22. The first-order valence-corrected chi connectivity index (χ1v) is 12.9.